The van der Waals surface area contributed by atoms with Crippen molar-refractivity contribution in [2.24, 2.45) is 0 Å². The molecule has 1 N–H and O–H groups in total. The number of carboxylic acid groups (broad SMARTS) is 1. The molecule has 0 radical (unpaired) electrons. The van der Waals surface area contributed by atoms with Crippen LogP contribution < -0.4 is 0 Å². The Morgan fingerprint density at radius 3 is 2.57 bits per heavy atom. The first-order valence-corrected chi connectivity index (χ1v) is 7.41. The van der Waals surface area contributed by atoms with Crippen LogP contribution in [0.4, 0.5) is 0 Å². The molecule has 0 spiro atoms. The Kier molecular flexibility index (Phi) is 3.95. The quantitative estimate of drug-likeness (QED) is 0.860. The molecule has 0 bridgehead atoms. The molecule has 2 aliphatic rings. The first-order valence-electron chi connectivity index (χ1n) is 7.41. The van der Waals surface area contributed by atoms with E-state index in [-0.39, 0.29) is 12.0 Å². The van der Waals surface area contributed by atoms with Crippen LogP contribution in [0.25, 0.3) is 0 Å². The lowest BCUT2D eigenvalue weighted by molar-refractivity contribution is -0.153. The van der Waals surface area contributed by atoms with Gasteiger partial charge in [0.2, 0.25) is 0 Å². The smallest absolute Gasteiger partial charge is 0.338 e. The number of benzene rings is 1. The summed E-state index contributed by atoms with van der Waals surface area (Å²) in [6, 6.07) is 8.57. The SMILES string of the molecule is CC1(C)O[C@@H]2[C@@H](C=C(C(=O)O)C[C@H]2OC(=O)c2ccccc2)O1. The topological polar surface area (TPSA) is 82.1 Å². The van der Waals surface area contributed by atoms with Gasteiger partial charge in [0, 0.05) is 12.0 Å². The van der Waals surface area contributed by atoms with E-state index in [0.29, 0.717) is 5.56 Å². The zero-order valence-electron chi connectivity index (χ0n) is 12.9. The number of rotatable bonds is 3. The van der Waals surface area contributed by atoms with Gasteiger partial charge in [0.25, 0.3) is 0 Å². The van der Waals surface area contributed by atoms with Crippen molar-refractivity contribution in [1.29, 1.82) is 0 Å². The van der Waals surface area contributed by atoms with Crippen molar-refractivity contribution in [3.8, 4) is 0 Å². The van der Waals surface area contributed by atoms with E-state index in [1.54, 1.807) is 44.2 Å². The van der Waals surface area contributed by atoms with Gasteiger partial charge in [-0.15, -0.1) is 0 Å². The van der Waals surface area contributed by atoms with Crippen molar-refractivity contribution in [2.45, 2.75) is 44.4 Å². The molecule has 1 saturated heterocycles. The van der Waals surface area contributed by atoms with Gasteiger partial charge >= 0.3 is 11.9 Å². The minimum absolute atomic E-state index is 0.0918. The molecule has 1 aromatic rings. The first-order chi connectivity index (χ1) is 10.9. The summed E-state index contributed by atoms with van der Waals surface area (Å²) in [5.41, 5.74) is 0.576. The largest absolute Gasteiger partial charge is 0.478 e. The standard InChI is InChI=1S/C17H18O6/c1-17(2)22-13-9-11(15(18)19)8-12(14(13)23-17)21-16(20)10-6-4-3-5-7-10/h3-7,9,12-14H,8H2,1-2H3,(H,18,19)/t12-,13-,14+/m1/s1. The predicted molar refractivity (Wildman–Crippen MR) is 79.8 cm³/mol. The maximum absolute atomic E-state index is 12.3. The first kappa shape index (κ1) is 15.7. The van der Waals surface area contributed by atoms with Crippen molar-refractivity contribution in [3.63, 3.8) is 0 Å². The minimum atomic E-state index is -1.04. The third-order valence-corrected chi connectivity index (χ3v) is 3.86. The van der Waals surface area contributed by atoms with Crippen LogP contribution in [0.3, 0.4) is 0 Å². The van der Waals surface area contributed by atoms with Gasteiger partial charge in [0.1, 0.15) is 18.3 Å². The highest BCUT2D eigenvalue weighted by Crippen LogP contribution is 2.37. The third kappa shape index (κ3) is 3.28. The molecule has 0 saturated carbocycles. The number of esters is 1. The zero-order chi connectivity index (χ0) is 16.6. The average Bonchev–Trinajstić information content (AvgIpc) is 2.82. The summed E-state index contributed by atoms with van der Waals surface area (Å²) in [7, 11) is 0. The highest BCUT2D eigenvalue weighted by atomic mass is 16.8. The van der Waals surface area contributed by atoms with Crippen LogP contribution in [0.5, 0.6) is 0 Å². The highest BCUT2D eigenvalue weighted by molar-refractivity contribution is 5.90. The molecule has 0 amide bonds. The monoisotopic (exact) mass is 318 g/mol. The molecule has 3 atom stereocenters. The van der Waals surface area contributed by atoms with E-state index in [9.17, 15) is 14.7 Å². The lowest BCUT2D eigenvalue weighted by atomic mass is 9.92. The van der Waals surface area contributed by atoms with Gasteiger partial charge in [-0.25, -0.2) is 9.59 Å². The Bertz CT molecular complexity index is 648. The lowest BCUT2D eigenvalue weighted by Crippen LogP contribution is -2.42. The van der Waals surface area contributed by atoms with Crippen LogP contribution in [0.15, 0.2) is 42.0 Å². The molecule has 1 heterocycles. The zero-order valence-corrected chi connectivity index (χ0v) is 12.9. The Morgan fingerprint density at radius 1 is 1.22 bits per heavy atom. The lowest BCUT2D eigenvalue weighted by Gasteiger charge is -2.29. The molecule has 0 unspecified atom stereocenters. The third-order valence-electron chi connectivity index (χ3n) is 3.86. The summed E-state index contributed by atoms with van der Waals surface area (Å²) < 4.78 is 17.0. The van der Waals surface area contributed by atoms with Crippen LogP contribution >= 0.6 is 0 Å². The van der Waals surface area contributed by atoms with Gasteiger partial charge < -0.3 is 19.3 Å². The van der Waals surface area contributed by atoms with Gasteiger partial charge in [-0.05, 0) is 32.1 Å². The van der Waals surface area contributed by atoms with Crippen LogP contribution in [0.1, 0.15) is 30.6 Å². The second-order valence-electron chi connectivity index (χ2n) is 6.08. The molecule has 23 heavy (non-hydrogen) atoms. The fourth-order valence-electron chi connectivity index (χ4n) is 2.88. The molecular formula is C17H18O6. The Hall–Kier alpha value is -2.18. The summed E-state index contributed by atoms with van der Waals surface area (Å²) in [6.07, 6.45) is -0.131. The number of hydrogen-bond donors (Lipinski definition) is 1. The predicted octanol–water partition coefficient (Wildman–Crippen LogP) is 2.15. The van der Waals surface area contributed by atoms with Gasteiger partial charge in [0.05, 0.1) is 5.56 Å². The molecule has 1 fully saturated rings. The van der Waals surface area contributed by atoms with E-state index in [2.05, 4.69) is 0 Å². The Balaban J connectivity index is 1.82. The summed E-state index contributed by atoms with van der Waals surface area (Å²) in [5, 5.41) is 9.25. The molecule has 1 aliphatic heterocycles. The summed E-state index contributed by atoms with van der Waals surface area (Å²) >= 11 is 0. The average molecular weight is 318 g/mol. The summed E-state index contributed by atoms with van der Waals surface area (Å²) in [6.45, 7) is 3.49. The van der Waals surface area contributed by atoms with Crippen molar-refractivity contribution >= 4 is 11.9 Å². The van der Waals surface area contributed by atoms with Crippen molar-refractivity contribution < 1.29 is 28.9 Å². The maximum Gasteiger partial charge on any atom is 0.338 e. The number of aliphatic carboxylic acids is 1. The number of hydrogen-bond acceptors (Lipinski definition) is 5. The molecular weight excluding hydrogens is 300 g/mol. The number of carbonyl (C=O) groups excluding carboxylic acids is 1. The van der Waals surface area contributed by atoms with Crippen LogP contribution in [0.2, 0.25) is 0 Å². The molecule has 122 valence electrons. The summed E-state index contributed by atoms with van der Waals surface area (Å²) in [5.74, 6) is -2.40. The minimum Gasteiger partial charge on any atom is -0.478 e. The fraction of sp³-hybridized carbons (Fsp3) is 0.412. The second-order valence-corrected chi connectivity index (χ2v) is 6.08. The molecule has 3 rings (SSSR count). The number of fused-ring (bicyclic) bond motifs is 1. The molecule has 1 aliphatic carbocycles. The van der Waals surface area contributed by atoms with E-state index in [4.69, 9.17) is 14.2 Å². The van der Waals surface area contributed by atoms with Crippen LogP contribution in [-0.2, 0) is 19.0 Å². The molecule has 1 aromatic carbocycles. The van der Waals surface area contributed by atoms with Crippen LogP contribution in [0, 0.1) is 0 Å². The number of carbonyl (C=O) groups is 2. The van der Waals surface area contributed by atoms with E-state index in [1.165, 1.54) is 6.08 Å². The highest BCUT2D eigenvalue weighted by Gasteiger charge is 2.49. The van der Waals surface area contributed by atoms with Crippen LogP contribution in [-0.4, -0.2) is 41.1 Å². The number of ether oxygens (including phenoxy) is 3. The van der Waals surface area contributed by atoms with Crippen molar-refractivity contribution in [1.82, 2.24) is 0 Å². The molecule has 6 heteroatoms. The van der Waals surface area contributed by atoms with Gasteiger partial charge in [-0.3, -0.25) is 0 Å². The van der Waals surface area contributed by atoms with Gasteiger partial charge in [-0.2, -0.15) is 0 Å². The Labute approximate surface area is 133 Å². The fourth-order valence-corrected chi connectivity index (χ4v) is 2.88. The second kappa shape index (κ2) is 5.79. The molecule has 6 nitrogen and oxygen atoms in total. The molecule has 0 aromatic heterocycles. The number of carboxylic acids is 1. The summed E-state index contributed by atoms with van der Waals surface area (Å²) in [4.78, 5) is 23.6. The van der Waals surface area contributed by atoms with Gasteiger partial charge in [-0.1, -0.05) is 18.2 Å². The van der Waals surface area contributed by atoms with E-state index in [0.717, 1.165) is 0 Å². The van der Waals surface area contributed by atoms with E-state index < -0.39 is 36.0 Å². The maximum atomic E-state index is 12.3. The normalized spacial score (nSPS) is 28.6. The van der Waals surface area contributed by atoms with E-state index in [1.807, 2.05) is 0 Å². The van der Waals surface area contributed by atoms with Gasteiger partial charge in [0.15, 0.2) is 5.79 Å². The Morgan fingerprint density at radius 2 is 1.91 bits per heavy atom. The van der Waals surface area contributed by atoms with E-state index >= 15 is 0 Å². The van der Waals surface area contributed by atoms with Crippen molar-refractivity contribution in [2.75, 3.05) is 0 Å². The van der Waals surface area contributed by atoms with Crippen molar-refractivity contribution in [3.05, 3.63) is 47.5 Å².